The first kappa shape index (κ1) is 10.2. The first-order valence-corrected chi connectivity index (χ1v) is 3.59. The van der Waals surface area contributed by atoms with Gasteiger partial charge in [-0.3, -0.25) is 9.98 Å². The van der Waals surface area contributed by atoms with Crippen molar-refractivity contribution in [3.8, 4) is 0 Å². The monoisotopic (exact) mass is 172 g/mol. The highest BCUT2D eigenvalue weighted by atomic mass is 32.1. The molecule has 0 N–H and O–H groups in total. The van der Waals surface area contributed by atoms with E-state index >= 15 is 0 Å². The lowest BCUT2D eigenvalue weighted by Gasteiger charge is -2.10. The maximum atomic E-state index is 4.96. The van der Waals surface area contributed by atoms with Gasteiger partial charge in [-0.25, -0.2) is 0 Å². The zero-order valence-corrected chi connectivity index (χ0v) is 7.81. The molecule has 0 spiro atoms. The van der Waals surface area contributed by atoms with Gasteiger partial charge in [0.1, 0.15) is 4.99 Å². The molecular formula is C7H12N2OS. The molecule has 11 heavy (non-hydrogen) atoms. The van der Waals surface area contributed by atoms with Gasteiger partial charge >= 0.3 is 0 Å². The van der Waals surface area contributed by atoms with Crippen LogP contribution in [0.1, 0.15) is 6.92 Å². The summed E-state index contributed by atoms with van der Waals surface area (Å²) in [6.07, 6.45) is 0. The topological polar surface area (TPSA) is 34.0 Å². The number of nitrogens with zero attached hydrogens (tertiary/aromatic N) is 2. The molecule has 0 aromatic heterocycles. The van der Waals surface area contributed by atoms with Crippen LogP contribution in [0.25, 0.3) is 0 Å². The molecule has 1 unspecified atom stereocenters. The fraction of sp³-hybridized carbons (Fsp3) is 0.571. The maximum absolute atomic E-state index is 4.96. The van der Waals surface area contributed by atoms with Crippen LogP contribution in [0.4, 0.5) is 0 Å². The molecule has 0 aliphatic rings. The SMILES string of the molecule is C=NC(=S)C(C)C(=NC)OC. The van der Waals surface area contributed by atoms with E-state index in [0.29, 0.717) is 10.9 Å². The molecule has 0 rings (SSSR count). The number of methoxy groups -OCH3 is 1. The lowest BCUT2D eigenvalue weighted by molar-refractivity contribution is 0.383. The van der Waals surface area contributed by atoms with Crippen LogP contribution in [0.2, 0.25) is 0 Å². The van der Waals surface area contributed by atoms with E-state index in [-0.39, 0.29) is 5.92 Å². The number of aliphatic imine (C=N–C) groups is 2. The van der Waals surface area contributed by atoms with E-state index < -0.39 is 0 Å². The maximum Gasteiger partial charge on any atom is 0.192 e. The number of rotatable bonds is 2. The average Bonchev–Trinajstić information content (AvgIpc) is 2.05. The van der Waals surface area contributed by atoms with Gasteiger partial charge in [0.15, 0.2) is 5.90 Å². The van der Waals surface area contributed by atoms with Crippen LogP contribution in [0, 0.1) is 5.92 Å². The molecular weight excluding hydrogens is 160 g/mol. The van der Waals surface area contributed by atoms with E-state index in [1.807, 2.05) is 6.92 Å². The van der Waals surface area contributed by atoms with Crippen molar-refractivity contribution in [1.29, 1.82) is 0 Å². The summed E-state index contributed by atoms with van der Waals surface area (Å²) in [4.78, 5) is 8.03. The van der Waals surface area contributed by atoms with Crippen LogP contribution in [-0.2, 0) is 4.74 Å². The molecule has 3 nitrogen and oxygen atoms in total. The van der Waals surface area contributed by atoms with E-state index in [4.69, 9.17) is 17.0 Å². The summed E-state index contributed by atoms with van der Waals surface area (Å²) in [6, 6.07) is 0. The van der Waals surface area contributed by atoms with Gasteiger partial charge in [0, 0.05) is 7.05 Å². The van der Waals surface area contributed by atoms with Crippen LogP contribution in [0.15, 0.2) is 9.98 Å². The molecule has 0 saturated heterocycles. The van der Waals surface area contributed by atoms with Gasteiger partial charge in [0.25, 0.3) is 0 Å². The van der Waals surface area contributed by atoms with Crippen LogP contribution in [0.5, 0.6) is 0 Å². The quantitative estimate of drug-likeness (QED) is 0.357. The highest BCUT2D eigenvalue weighted by Gasteiger charge is 2.13. The Morgan fingerprint density at radius 2 is 2.18 bits per heavy atom. The van der Waals surface area contributed by atoms with Gasteiger partial charge in [0.05, 0.1) is 13.0 Å². The zero-order valence-electron chi connectivity index (χ0n) is 7.00. The summed E-state index contributed by atoms with van der Waals surface area (Å²) in [6.45, 7) is 5.21. The van der Waals surface area contributed by atoms with Crippen LogP contribution in [0.3, 0.4) is 0 Å². The Morgan fingerprint density at radius 3 is 2.45 bits per heavy atom. The summed E-state index contributed by atoms with van der Waals surface area (Å²) in [5.74, 6) is 0.528. The van der Waals surface area contributed by atoms with Gasteiger partial charge < -0.3 is 4.74 Å². The molecule has 0 aromatic rings. The van der Waals surface area contributed by atoms with Crippen LogP contribution < -0.4 is 0 Å². The Hall–Kier alpha value is -0.770. The number of hydrogen-bond donors (Lipinski definition) is 0. The summed E-state index contributed by atoms with van der Waals surface area (Å²) in [7, 11) is 3.21. The van der Waals surface area contributed by atoms with Crippen molar-refractivity contribution in [3.63, 3.8) is 0 Å². The minimum absolute atomic E-state index is 0.0579. The molecule has 0 aliphatic carbocycles. The Kier molecular flexibility index (Phi) is 4.61. The van der Waals surface area contributed by atoms with Crippen molar-refractivity contribution >= 4 is 29.8 Å². The van der Waals surface area contributed by atoms with Gasteiger partial charge in [0.2, 0.25) is 0 Å². The van der Waals surface area contributed by atoms with Gasteiger partial charge in [-0.15, -0.1) is 0 Å². The van der Waals surface area contributed by atoms with Crippen molar-refractivity contribution < 1.29 is 4.74 Å². The Labute approximate surface area is 72.2 Å². The minimum atomic E-state index is -0.0579. The first-order valence-electron chi connectivity index (χ1n) is 3.18. The first-order chi connectivity index (χ1) is 5.17. The van der Waals surface area contributed by atoms with E-state index in [0.717, 1.165) is 0 Å². The Balaban J connectivity index is 4.33. The number of ether oxygens (including phenoxy) is 1. The third kappa shape index (κ3) is 2.76. The number of thiocarbonyl (C=S) groups is 1. The van der Waals surface area contributed by atoms with E-state index in [1.54, 1.807) is 14.2 Å². The molecule has 0 aliphatic heterocycles. The zero-order chi connectivity index (χ0) is 8.85. The minimum Gasteiger partial charge on any atom is -0.484 e. The standard InChI is InChI=1S/C7H12N2OS/c1-5(7(11)9-3)6(8-2)10-4/h5H,3H2,1-2,4H3. The second kappa shape index (κ2) is 4.96. The van der Waals surface area contributed by atoms with E-state index in [1.165, 1.54) is 0 Å². The fourth-order valence-corrected chi connectivity index (χ4v) is 0.805. The molecule has 62 valence electrons. The molecule has 0 radical (unpaired) electrons. The normalized spacial score (nSPS) is 13.9. The van der Waals surface area contributed by atoms with Crippen molar-refractivity contribution in [3.05, 3.63) is 0 Å². The molecule has 0 aromatic carbocycles. The molecule has 0 heterocycles. The van der Waals surface area contributed by atoms with Crippen molar-refractivity contribution in [2.24, 2.45) is 15.9 Å². The fourth-order valence-electron chi connectivity index (χ4n) is 0.704. The van der Waals surface area contributed by atoms with Gasteiger partial charge in [-0.2, -0.15) is 0 Å². The summed E-state index contributed by atoms with van der Waals surface area (Å²) in [5.41, 5.74) is 0. The highest BCUT2D eigenvalue weighted by molar-refractivity contribution is 7.80. The number of hydrogen-bond acceptors (Lipinski definition) is 3. The smallest absolute Gasteiger partial charge is 0.192 e. The summed E-state index contributed by atoms with van der Waals surface area (Å²) >= 11 is 4.90. The van der Waals surface area contributed by atoms with E-state index in [9.17, 15) is 0 Å². The van der Waals surface area contributed by atoms with Gasteiger partial charge in [-0.05, 0) is 13.6 Å². The highest BCUT2D eigenvalue weighted by Crippen LogP contribution is 2.03. The van der Waals surface area contributed by atoms with Crippen molar-refractivity contribution in [2.75, 3.05) is 14.2 Å². The Bertz CT molecular complexity index is 189. The molecule has 0 fully saturated rings. The lowest BCUT2D eigenvalue weighted by atomic mass is 10.2. The van der Waals surface area contributed by atoms with Crippen molar-refractivity contribution in [1.82, 2.24) is 0 Å². The predicted molar refractivity (Wildman–Crippen MR) is 51.7 cm³/mol. The molecule has 0 bridgehead atoms. The third-order valence-corrected chi connectivity index (χ3v) is 1.81. The van der Waals surface area contributed by atoms with E-state index in [2.05, 4.69) is 16.7 Å². The second-order valence-electron chi connectivity index (χ2n) is 1.98. The molecule has 1 atom stereocenters. The molecule has 4 heteroatoms. The summed E-state index contributed by atoms with van der Waals surface area (Å²) in [5, 5.41) is 0. The summed E-state index contributed by atoms with van der Waals surface area (Å²) < 4.78 is 4.96. The average molecular weight is 172 g/mol. The predicted octanol–water partition coefficient (Wildman–Crippen LogP) is 1.33. The second-order valence-corrected chi connectivity index (χ2v) is 2.40. The molecule has 0 amide bonds. The lowest BCUT2D eigenvalue weighted by Crippen LogP contribution is -2.19. The van der Waals surface area contributed by atoms with Gasteiger partial charge in [-0.1, -0.05) is 12.2 Å². The van der Waals surface area contributed by atoms with Crippen LogP contribution >= 0.6 is 12.2 Å². The molecule has 0 saturated carbocycles. The van der Waals surface area contributed by atoms with Crippen molar-refractivity contribution in [2.45, 2.75) is 6.92 Å². The largest absolute Gasteiger partial charge is 0.484 e. The third-order valence-electron chi connectivity index (χ3n) is 1.33. The van der Waals surface area contributed by atoms with Crippen LogP contribution in [-0.4, -0.2) is 31.8 Å². The Morgan fingerprint density at radius 1 is 1.64 bits per heavy atom.